The van der Waals surface area contributed by atoms with E-state index in [4.69, 9.17) is 10.5 Å². The summed E-state index contributed by atoms with van der Waals surface area (Å²) in [6, 6.07) is 6.54. The molecule has 3 rings (SSSR count). The number of benzene rings is 1. The summed E-state index contributed by atoms with van der Waals surface area (Å²) >= 11 is 2.01. The number of rotatable bonds is 2. The summed E-state index contributed by atoms with van der Waals surface area (Å²) in [4.78, 5) is 0. The van der Waals surface area contributed by atoms with Crippen LogP contribution in [-0.4, -0.2) is 17.6 Å². The Labute approximate surface area is 101 Å². The van der Waals surface area contributed by atoms with Gasteiger partial charge in [-0.2, -0.15) is 11.8 Å². The zero-order chi connectivity index (χ0) is 11.0. The molecule has 2 atom stereocenters. The van der Waals surface area contributed by atoms with Crippen LogP contribution in [0.4, 0.5) is 0 Å². The molecule has 2 heterocycles. The Hall–Kier alpha value is -0.670. The van der Waals surface area contributed by atoms with E-state index in [1.807, 2.05) is 11.8 Å². The Morgan fingerprint density at radius 3 is 3.19 bits per heavy atom. The minimum absolute atomic E-state index is 0.139. The summed E-state index contributed by atoms with van der Waals surface area (Å²) in [6.07, 6.45) is 3.59. The van der Waals surface area contributed by atoms with Crippen molar-refractivity contribution in [3.8, 4) is 5.75 Å². The molecule has 2 nitrogen and oxygen atoms in total. The lowest BCUT2D eigenvalue weighted by molar-refractivity contribution is 0.350. The highest BCUT2D eigenvalue weighted by Crippen LogP contribution is 2.40. The normalized spacial score (nSPS) is 25.2. The Bertz CT molecular complexity index is 388. The zero-order valence-corrected chi connectivity index (χ0v) is 10.1. The molecule has 86 valence electrons. The van der Waals surface area contributed by atoms with E-state index in [9.17, 15) is 0 Å². The van der Waals surface area contributed by atoms with Crippen molar-refractivity contribution in [3.05, 3.63) is 29.3 Å². The van der Waals surface area contributed by atoms with Gasteiger partial charge in [0.25, 0.3) is 0 Å². The fraction of sp³-hybridized carbons (Fsp3) is 0.538. The van der Waals surface area contributed by atoms with Gasteiger partial charge in [-0.1, -0.05) is 18.2 Å². The molecule has 2 unspecified atom stereocenters. The van der Waals surface area contributed by atoms with Crippen LogP contribution in [0.2, 0.25) is 0 Å². The molecular weight excluding hydrogens is 218 g/mol. The van der Waals surface area contributed by atoms with Gasteiger partial charge < -0.3 is 10.5 Å². The lowest BCUT2D eigenvalue weighted by Gasteiger charge is -2.20. The van der Waals surface area contributed by atoms with Crippen molar-refractivity contribution in [2.45, 2.75) is 30.6 Å². The summed E-state index contributed by atoms with van der Waals surface area (Å²) in [5, 5.41) is 0.579. The third-order valence-electron chi connectivity index (χ3n) is 3.47. The SMILES string of the molecule is NC(c1cccc2c1OCC2)C1CCCS1. The van der Waals surface area contributed by atoms with Crippen LogP contribution in [0.5, 0.6) is 5.75 Å². The molecule has 0 amide bonds. The van der Waals surface area contributed by atoms with Crippen molar-refractivity contribution in [3.63, 3.8) is 0 Å². The van der Waals surface area contributed by atoms with Crippen LogP contribution in [-0.2, 0) is 6.42 Å². The number of thioether (sulfide) groups is 1. The average molecular weight is 235 g/mol. The molecule has 1 saturated heterocycles. The number of para-hydroxylation sites is 1. The van der Waals surface area contributed by atoms with E-state index in [0.717, 1.165) is 18.8 Å². The number of hydrogen-bond acceptors (Lipinski definition) is 3. The van der Waals surface area contributed by atoms with Gasteiger partial charge in [-0.05, 0) is 24.2 Å². The Balaban J connectivity index is 1.91. The highest BCUT2D eigenvalue weighted by atomic mass is 32.2. The van der Waals surface area contributed by atoms with Gasteiger partial charge >= 0.3 is 0 Å². The first-order valence-electron chi connectivity index (χ1n) is 5.98. The topological polar surface area (TPSA) is 35.2 Å². The van der Waals surface area contributed by atoms with E-state index < -0.39 is 0 Å². The standard InChI is InChI=1S/C13H17NOS/c14-12(11-5-2-8-16-11)10-4-1-3-9-6-7-15-13(9)10/h1,3-4,11-12H,2,5-8,14H2. The molecule has 1 aromatic rings. The molecule has 0 spiro atoms. The van der Waals surface area contributed by atoms with Gasteiger partial charge in [0.15, 0.2) is 0 Å². The Morgan fingerprint density at radius 1 is 1.44 bits per heavy atom. The first kappa shape index (κ1) is 10.5. The van der Waals surface area contributed by atoms with Crippen LogP contribution in [0.25, 0.3) is 0 Å². The van der Waals surface area contributed by atoms with E-state index in [-0.39, 0.29) is 6.04 Å². The average Bonchev–Trinajstić information content (AvgIpc) is 2.98. The van der Waals surface area contributed by atoms with Crippen molar-refractivity contribution in [2.24, 2.45) is 5.73 Å². The largest absolute Gasteiger partial charge is 0.493 e. The van der Waals surface area contributed by atoms with E-state index in [1.54, 1.807) is 0 Å². The van der Waals surface area contributed by atoms with Gasteiger partial charge in [0.05, 0.1) is 6.61 Å². The maximum absolute atomic E-state index is 6.37. The summed E-state index contributed by atoms with van der Waals surface area (Å²) < 4.78 is 5.72. The zero-order valence-electron chi connectivity index (χ0n) is 9.32. The summed E-state index contributed by atoms with van der Waals surface area (Å²) in [5.74, 6) is 2.33. The Morgan fingerprint density at radius 2 is 2.38 bits per heavy atom. The second-order valence-corrected chi connectivity index (χ2v) is 5.86. The molecule has 0 bridgehead atoms. The Kier molecular flexibility index (Phi) is 2.82. The molecule has 2 N–H and O–H groups in total. The molecule has 1 fully saturated rings. The van der Waals surface area contributed by atoms with Gasteiger partial charge in [-0.25, -0.2) is 0 Å². The van der Waals surface area contributed by atoms with E-state index >= 15 is 0 Å². The van der Waals surface area contributed by atoms with Crippen molar-refractivity contribution >= 4 is 11.8 Å². The third-order valence-corrected chi connectivity index (χ3v) is 4.95. The number of fused-ring (bicyclic) bond motifs is 1. The minimum Gasteiger partial charge on any atom is -0.493 e. The van der Waals surface area contributed by atoms with Crippen molar-refractivity contribution < 1.29 is 4.74 Å². The number of hydrogen-bond donors (Lipinski definition) is 1. The van der Waals surface area contributed by atoms with Crippen molar-refractivity contribution in [1.82, 2.24) is 0 Å². The summed E-state index contributed by atoms with van der Waals surface area (Å²) in [7, 11) is 0. The highest BCUT2D eigenvalue weighted by molar-refractivity contribution is 8.00. The lowest BCUT2D eigenvalue weighted by atomic mass is 9.98. The fourth-order valence-electron chi connectivity index (χ4n) is 2.59. The second kappa shape index (κ2) is 4.30. The van der Waals surface area contributed by atoms with Crippen LogP contribution in [0.15, 0.2) is 18.2 Å². The van der Waals surface area contributed by atoms with Gasteiger partial charge in [0.1, 0.15) is 5.75 Å². The molecule has 3 heteroatoms. The molecule has 2 aliphatic rings. The van der Waals surface area contributed by atoms with E-state index in [1.165, 1.54) is 29.7 Å². The predicted molar refractivity (Wildman–Crippen MR) is 68.0 cm³/mol. The fourth-order valence-corrected chi connectivity index (χ4v) is 3.91. The van der Waals surface area contributed by atoms with Crippen LogP contribution in [0.1, 0.15) is 30.0 Å². The van der Waals surface area contributed by atoms with Crippen LogP contribution >= 0.6 is 11.8 Å². The van der Waals surface area contributed by atoms with Gasteiger partial charge in [0, 0.05) is 23.3 Å². The lowest BCUT2D eigenvalue weighted by Crippen LogP contribution is -2.22. The molecule has 16 heavy (non-hydrogen) atoms. The van der Waals surface area contributed by atoms with E-state index in [2.05, 4.69) is 18.2 Å². The molecule has 0 saturated carbocycles. The van der Waals surface area contributed by atoms with E-state index in [0.29, 0.717) is 5.25 Å². The first-order chi connectivity index (χ1) is 7.86. The van der Waals surface area contributed by atoms with Gasteiger partial charge in [-0.3, -0.25) is 0 Å². The maximum atomic E-state index is 6.37. The minimum atomic E-state index is 0.139. The van der Waals surface area contributed by atoms with Crippen LogP contribution in [0, 0.1) is 0 Å². The molecule has 0 aromatic heterocycles. The third kappa shape index (κ3) is 1.72. The second-order valence-electron chi connectivity index (χ2n) is 4.51. The molecule has 1 aromatic carbocycles. The maximum Gasteiger partial charge on any atom is 0.127 e. The van der Waals surface area contributed by atoms with Gasteiger partial charge in [0.2, 0.25) is 0 Å². The smallest absolute Gasteiger partial charge is 0.127 e. The number of nitrogens with two attached hydrogens (primary N) is 1. The van der Waals surface area contributed by atoms with Crippen LogP contribution in [0.3, 0.4) is 0 Å². The first-order valence-corrected chi connectivity index (χ1v) is 7.03. The monoisotopic (exact) mass is 235 g/mol. The molecule has 2 aliphatic heterocycles. The predicted octanol–water partition coefficient (Wildman–Crippen LogP) is 2.52. The molecule has 0 radical (unpaired) electrons. The van der Waals surface area contributed by atoms with Gasteiger partial charge in [-0.15, -0.1) is 0 Å². The van der Waals surface area contributed by atoms with Crippen molar-refractivity contribution in [1.29, 1.82) is 0 Å². The molecule has 0 aliphatic carbocycles. The summed E-state index contributed by atoms with van der Waals surface area (Å²) in [5.41, 5.74) is 8.92. The summed E-state index contributed by atoms with van der Waals surface area (Å²) in [6.45, 7) is 0.816. The highest BCUT2D eigenvalue weighted by Gasteiger charge is 2.28. The quantitative estimate of drug-likeness (QED) is 0.855. The number of ether oxygens (including phenoxy) is 1. The van der Waals surface area contributed by atoms with Crippen LogP contribution < -0.4 is 10.5 Å². The molecular formula is C13H17NOS. The van der Waals surface area contributed by atoms with Crippen molar-refractivity contribution in [2.75, 3.05) is 12.4 Å².